The number of carboxylic acids is 1. The summed E-state index contributed by atoms with van der Waals surface area (Å²) in [6.07, 6.45) is 2.80. The van der Waals surface area contributed by atoms with Gasteiger partial charge in [-0.15, -0.1) is 0 Å². The molecule has 1 fully saturated rings. The van der Waals surface area contributed by atoms with Gasteiger partial charge >= 0.3 is 5.97 Å². The van der Waals surface area contributed by atoms with Crippen LogP contribution in [0.3, 0.4) is 0 Å². The first-order valence-electron chi connectivity index (χ1n) is 6.71. The second kappa shape index (κ2) is 5.75. The highest BCUT2D eigenvalue weighted by Gasteiger charge is 2.35. The summed E-state index contributed by atoms with van der Waals surface area (Å²) in [6, 6.07) is 3.79. The van der Waals surface area contributed by atoms with Gasteiger partial charge in [0.05, 0.1) is 19.2 Å². The average Bonchev–Trinajstić information content (AvgIpc) is 2.78. The number of nitrogens with zero attached hydrogens (tertiary/aromatic N) is 1. The molecule has 0 aliphatic carbocycles. The highest BCUT2D eigenvalue weighted by molar-refractivity contribution is 5.67. The van der Waals surface area contributed by atoms with Crippen molar-refractivity contribution in [1.82, 2.24) is 10.2 Å². The normalized spacial score (nSPS) is 24.0. The van der Waals surface area contributed by atoms with E-state index in [-0.39, 0.29) is 18.0 Å². The molecule has 1 aliphatic heterocycles. The summed E-state index contributed by atoms with van der Waals surface area (Å²) in [6.45, 7) is 6.60. The van der Waals surface area contributed by atoms with Crippen LogP contribution in [-0.4, -0.2) is 40.6 Å². The monoisotopic (exact) mass is 266 g/mol. The molecule has 106 valence electrons. The fourth-order valence-electron chi connectivity index (χ4n) is 2.71. The molecule has 1 unspecified atom stereocenters. The molecule has 0 spiro atoms. The number of hydrogen-bond donors (Lipinski definition) is 2. The number of hydrogen-bond acceptors (Lipinski definition) is 4. The first-order valence-corrected chi connectivity index (χ1v) is 6.71. The molecule has 2 N–H and O–H groups in total. The van der Waals surface area contributed by atoms with Crippen molar-refractivity contribution in [3.63, 3.8) is 0 Å². The molecule has 1 saturated heterocycles. The largest absolute Gasteiger partial charge is 0.481 e. The van der Waals surface area contributed by atoms with Crippen LogP contribution in [0.2, 0.25) is 0 Å². The van der Waals surface area contributed by atoms with Gasteiger partial charge in [0, 0.05) is 18.1 Å². The summed E-state index contributed by atoms with van der Waals surface area (Å²) in [5.41, 5.74) is -0.0452. The van der Waals surface area contributed by atoms with Crippen molar-refractivity contribution < 1.29 is 14.3 Å². The van der Waals surface area contributed by atoms with E-state index in [4.69, 9.17) is 9.52 Å². The zero-order valence-corrected chi connectivity index (χ0v) is 11.6. The Hall–Kier alpha value is -1.33. The van der Waals surface area contributed by atoms with E-state index in [1.54, 1.807) is 6.26 Å². The molecule has 2 heterocycles. The molecule has 0 bridgehead atoms. The van der Waals surface area contributed by atoms with Crippen LogP contribution in [0, 0.1) is 0 Å². The SMILES string of the molecule is CC1(C)CCNCC(CC(=O)O)N1Cc1ccco1. The maximum Gasteiger partial charge on any atom is 0.304 e. The third-order valence-corrected chi connectivity index (χ3v) is 3.83. The predicted octanol–water partition coefficient (Wildman–Crippen LogP) is 1.70. The van der Waals surface area contributed by atoms with Crippen LogP contribution in [0.1, 0.15) is 32.4 Å². The average molecular weight is 266 g/mol. The Bertz CT molecular complexity index is 414. The molecule has 0 radical (unpaired) electrons. The first-order chi connectivity index (χ1) is 8.99. The molecule has 5 heteroatoms. The van der Waals surface area contributed by atoms with E-state index in [2.05, 4.69) is 24.1 Å². The lowest BCUT2D eigenvalue weighted by atomic mass is 9.96. The van der Waals surface area contributed by atoms with Gasteiger partial charge < -0.3 is 14.8 Å². The number of carbonyl (C=O) groups is 1. The number of carboxylic acid groups (broad SMARTS) is 1. The van der Waals surface area contributed by atoms with Crippen molar-refractivity contribution in [3.8, 4) is 0 Å². The lowest BCUT2D eigenvalue weighted by Crippen LogP contribution is -2.50. The molecule has 0 aromatic carbocycles. The van der Waals surface area contributed by atoms with Crippen LogP contribution in [-0.2, 0) is 11.3 Å². The summed E-state index contributed by atoms with van der Waals surface area (Å²) in [5.74, 6) is 0.124. The summed E-state index contributed by atoms with van der Waals surface area (Å²) >= 11 is 0. The summed E-state index contributed by atoms with van der Waals surface area (Å²) in [5, 5.41) is 12.4. The Morgan fingerprint density at radius 2 is 2.42 bits per heavy atom. The summed E-state index contributed by atoms with van der Waals surface area (Å²) in [7, 11) is 0. The number of furan rings is 1. The molecule has 2 rings (SSSR count). The Labute approximate surface area is 113 Å². The minimum atomic E-state index is -0.756. The fourth-order valence-corrected chi connectivity index (χ4v) is 2.71. The van der Waals surface area contributed by atoms with Gasteiger partial charge in [-0.3, -0.25) is 9.69 Å². The second-order valence-corrected chi connectivity index (χ2v) is 5.73. The van der Waals surface area contributed by atoms with Crippen LogP contribution < -0.4 is 5.32 Å². The van der Waals surface area contributed by atoms with E-state index in [1.807, 2.05) is 12.1 Å². The van der Waals surface area contributed by atoms with E-state index in [0.717, 1.165) is 18.7 Å². The molecule has 1 aliphatic rings. The van der Waals surface area contributed by atoms with Crippen molar-refractivity contribution >= 4 is 5.97 Å². The van der Waals surface area contributed by atoms with E-state index in [9.17, 15) is 4.79 Å². The molecule has 19 heavy (non-hydrogen) atoms. The maximum atomic E-state index is 11.1. The zero-order chi connectivity index (χ0) is 13.9. The predicted molar refractivity (Wildman–Crippen MR) is 71.9 cm³/mol. The maximum absolute atomic E-state index is 11.1. The second-order valence-electron chi connectivity index (χ2n) is 5.73. The molecule has 1 atom stereocenters. The smallest absolute Gasteiger partial charge is 0.304 e. The van der Waals surface area contributed by atoms with Gasteiger partial charge in [-0.1, -0.05) is 0 Å². The molecular weight excluding hydrogens is 244 g/mol. The number of nitrogens with one attached hydrogen (secondary N) is 1. The Kier molecular flexibility index (Phi) is 4.27. The van der Waals surface area contributed by atoms with Crippen LogP contribution in [0.15, 0.2) is 22.8 Å². The lowest BCUT2D eigenvalue weighted by Gasteiger charge is -2.41. The van der Waals surface area contributed by atoms with Crippen molar-refractivity contribution in [2.45, 2.75) is 44.8 Å². The molecule has 0 saturated carbocycles. The van der Waals surface area contributed by atoms with Crippen molar-refractivity contribution in [2.75, 3.05) is 13.1 Å². The third-order valence-electron chi connectivity index (χ3n) is 3.83. The highest BCUT2D eigenvalue weighted by atomic mass is 16.4. The highest BCUT2D eigenvalue weighted by Crippen LogP contribution is 2.27. The van der Waals surface area contributed by atoms with Crippen LogP contribution in [0.4, 0.5) is 0 Å². The van der Waals surface area contributed by atoms with Gasteiger partial charge in [0.15, 0.2) is 0 Å². The standard InChI is InChI=1S/C14H22N2O3/c1-14(2)5-6-15-9-11(8-13(17)18)16(14)10-12-4-3-7-19-12/h3-4,7,11,15H,5-6,8-10H2,1-2H3,(H,17,18). The summed E-state index contributed by atoms with van der Waals surface area (Å²) < 4.78 is 5.41. The van der Waals surface area contributed by atoms with E-state index in [0.29, 0.717) is 13.1 Å². The molecule has 1 aromatic rings. The van der Waals surface area contributed by atoms with Gasteiger partial charge in [-0.25, -0.2) is 0 Å². The minimum absolute atomic E-state index is 0.0138. The number of aliphatic carboxylic acids is 1. The summed E-state index contributed by atoms with van der Waals surface area (Å²) in [4.78, 5) is 13.3. The first kappa shape index (κ1) is 14.1. The van der Waals surface area contributed by atoms with Crippen LogP contribution in [0.5, 0.6) is 0 Å². The van der Waals surface area contributed by atoms with Gasteiger partial charge in [-0.2, -0.15) is 0 Å². The van der Waals surface area contributed by atoms with Crippen molar-refractivity contribution in [3.05, 3.63) is 24.2 Å². The molecule has 0 amide bonds. The van der Waals surface area contributed by atoms with Crippen molar-refractivity contribution in [1.29, 1.82) is 0 Å². The Morgan fingerprint density at radius 3 is 3.05 bits per heavy atom. The fraction of sp³-hybridized carbons (Fsp3) is 0.643. The number of rotatable bonds is 4. The third kappa shape index (κ3) is 3.58. The van der Waals surface area contributed by atoms with E-state index in [1.165, 1.54) is 0 Å². The topological polar surface area (TPSA) is 65.7 Å². The van der Waals surface area contributed by atoms with Gasteiger partial charge in [-0.05, 0) is 38.9 Å². The molecule has 1 aromatic heterocycles. The lowest BCUT2D eigenvalue weighted by molar-refractivity contribution is -0.139. The van der Waals surface area contributed by atoms with E-state index < -0.39 is 5.97 Å². The Morgan fingerprint density at radius 1 is 1.63 bits per heavy atom. The van der Waals surface area contributed by atoms with Gasteiger partial charge in [0.1, 0.15) is 5.76 Å². The van der Waals surface area contributed by atoms with Gasteiger partial charge in [0.2, 0.25) is 0 Å². The van der Waals surface area contributed by atoms with Gasteiger partial charge in [0.25, 0.3) is 0 Å². The van der Waals surface area contributed by atoms with Crippen LogP contribution in [0.25, 0.3) is 0 Å². The van der Waals surface area contributed by atoms with Crippen molar-refractivity contribution in [2.24, 2.45) is 0 Å². The molecular formula is C14H22N2O3. The minimum Gasteiger partial charge on any atom is -0.481 e. The van der Waals surface area contributed by atoms with E-state index >= 15 is 0 Å². The van der Waals surface area contributed by atoms with Crippen LogP contribution >= 0.6 is 0 Å². The quantitative estimate of drug-likeness (QED) is 0.868. The Balaban J connectivity index is 2.19. The zero-order valence-electron chi connectivity index (χ0n) is 11.6. The molecule has 5 nitrogen and oxygen atoms in total.